The Morgan fingerprint density at radius 2 is 1.92 bits per heavy atom. The largest absolute Gasteiger partial charge is 0.324 e. The van der Waals surface area contributed by atoms with Gasteiger partial charge in [-0.25, -0.2) is 4.39 Å². The number of carbonyl (C=O) groups excluding carboxylic acids is 2. The second-order valence-electron chi connectivity index (χ2n) is 6.21. The molecule has 1 N–H and O–H groups in total. The van der Waals surface area contributed by atoms with E-state index in [1.165, 1.54) is 17.0 Å². The SMILES string of the molecule is CC(C)C(=O)N1CC(=O)Nc2ccc(F)cc2C1c1ccccc1. The number of nitrogens with one attached hydrogen (secondary N) is 1. The van der Waals surface area contributed by atoms with Crippen LogP contribution in [0.1, 0.15) is 31.0 Å². The molecule has 0 fully saturated rings. The van der Waals surface area contributed by atoms with Crippen molar-refractivity contribution in [2.24, 2.45) is 5.92 Å². The summed E-state index contributed by atoms with van der Waals surface area (Å²) >= 11 is 0. The average Bonchev–Trinajstić information content (AvgIpc) is 2.70. The van der Waals surface area contributed by atoms with Crippen LogP contribution < -0.4 is 5.32 Å². The van der Waals surface area contributed by atoms with Crippen molar-refractivity contribution in [1.29, 1.82) is 0 Å². The molecule has 0 radical (unpaired) electrons. The molecule has 0 bridgehead atoms. The van der Waals surface area contributed by atoms with Gasteiger partial charge in [-0.3, -0.25) is 9.59 Å². The lowest BCUT2D eigenvalue weighted by molar-refractivity contribution is -0.139. The summed E-state index contributed by atoms with van der Waals surface area (Å²) < 4.78 is 13.9. The van der Waals surface area contributed by atoms with Gasteiger partial charge in [0.25, 0.3) is 0 Å². The summed E-state index contributed by atoms with van der Waals surface area (Å²) in [6, 6.07) is 13.1. The van der Waals surface area contributed by atoms with Crippen LogP contribution in [0.3, 0.4) is 0 Å². The van der Waals surface area contributed by atoms with Gasteiger partial charge in [-0.1, -0.05) is 44.2 Å². The van der Waals surface area contributed by atoms with Crippen LogP contribution in [0.2, 0.25) is 0 Å². The fourth-order valence-corrected chi connectivity index (χ4v) is 3.01. The molecule has 0 saturated heterocycles. The third-order valence-electron chi connectivity index (χ3n) is 4.10. The summed E-state index contributed by atoms with van der Waals surface area (Å²) in [6.07, 6.45) is 0. The van der Waals surface area contributed by atoms with E-state index in [1.807, 2.05) is 30.3 Å². The molecule has 2 aromatic carbocycles. The van der Waals surface area contributed by atoms with Crippen LogP contribution in [0.15, 0.2) is 48.5 Å². The second-order valence-corrected chi connectivity index (χ2v) is 6.21. The Morgan fingerprint density at radius 1 is 1.21 bits per heavy atom. The topological polar surface area (TPSA) is 49.4 Å². The van der Waals surface area contributed by atoms with Crippen molar-refractivity contribution in [2.75, 3.05) is 11.9 Å². The first-order chi connectivity index (χ1) is 11.5. The lowest BCUT2D eigenvalue weighted by Crippen LogP contribution is -2.41. The summed E-state index contributed by atoms with van der Waals surface area (Å²) in [5.41, 5.74) is 1.96. The third-order valence-corrected chi connectivity index (χ3v) is 4.10. The molecule has 1 aliphatic rings. The molecule has 2 aromatic rings. The van der Waals surface area contributed by atoms with Gasteiger partial charge in [0.2, 0.25) is 11.8 Å². The predicted molar refractivity (Wildman–Crippen MR) is 89.9 cm³/mol. The molecule has 0 aromatic heterocycles. The molecule has 1 heterocycles. The maximum Gasteiger partial charge on any atom is 0.244 e. The molecule has 1 aliphatic heterocycles. The average molecular weight is 326 g/mol. The van der Waals surface area contributed by atoms with Crippen LogP contribution in [0, 0.1) is 11.7 Å². The van der Waals surface area contributed by atoms with Gasteiger partial charge in [0.05, 0.1) is 6.04 Å². The number of hydrogen-bond donors (Lipinski definition) is 1. The summed E-state index contributed by atoms with van der Waals surface area (Å²) in [4.78, 5) is 26.5. The van der Waals surface area contributed by atoms with Crippen LogP contribution in [0.5, 0.6) is 0 Å². The summed E-state index contributed by atoms with van der Waals surface area (Å²) in [7, 11) is 0. The quantitative estimate of drug-likeness (QED) is 0.920. The molecule has 4 nitrogen and oxygen atoms in total. The second kappa shape index (κ2) is 6.43. The van der Waals surface area contributed by atoms with Crippen molar-refractivity contribution in [3.63, 3.8) is 0 Å². The zero-order valence-electron chi connectivity index (χ0n) is 13.6. The number of rotatable bonds is 2. The summed E-state index contributed by atoms with van der Waals surface area (Å²) in [5, 5.41) is 2.77. The minimum atomic E-state index is -0.509. The van der Waals surface area contributed by atoms with Gasteiger partial charge in [-0.2, -0.15) is 0 Å². The van der Waals surface area contributed by atoms with Gasteiger partial charge >= 0.3 is 0 Å². The number of anilines is 1. The minimum absolute atomic E-state index is 0.0626. The van der Waals surface area contributed by atoms with E-state index in [0.717, 1.165) is 5.56 Å². The summed E-state index contributed by atoms with van der Waals surface area (Å²) in [6.45, 7) is 3.52. The van der Waals surface area contributed by atoms with Crippen LogP contribution in [0.4, 0.5) is 10.1 Å². The van der Waals surface area contributed by atoms with Crippen molar-refractivity contribution in [3.8, 4) is 0 Å². The van der Waals surface area contributed by atoms with Crippen molar-refractivity contribution in [2.45, 2.75) is 19.9 Å². The first-order valence-corrected chi connectivity index (χ1v) is 7.92. The van der Waals surface area contributed by atoms with E-state index in [9.17, 15) is 14.0 Å². The van der Waals surface area contributed by atoms with Gasteiger partial charge in [-0.15, -0.1) is 0 Å². The molecule has 1 unspecified atom stereocenters. The van der Waals surface area contributed by atoms with Gasteiger partial charge in [0.1, 0.15) is 12.4 Å². The van der Waals surface area contributed by atoms with E-state index in [-0.39, 0.29) is 24.3 Å². The highest BCUT2D eigenvalue weighted by Gasteiger charge is 2.34. The smallest absolute Gasteiger partial charge is 0.244 e. The number of benzene rings is 2. The lowest BCUT2D eigenvalue weighted by atomic mass is 9.95. The number of nitrogens with zero attached hydrogens (tertiary/aromatic N) is 1. The molecule has 0 aliphatic carbocycles. The maximum absolute atomic E-state index is 13.9. The third kappa shape index (κ3) is 3.02. The van der Waals surface area contributed by atoms with E-state index in [2.05, 4.69) is 5.32 Å². The molecular formula is C19H19FN2O2. The molecule has 2 amide bonds. The zero-order chi connectivity index (χ0) is 17.3. The van der Waals surface area contributed by atoms with Crippen molar-refractivity contribution in [1.82, 2.24) is 4.90 Å². The van der Waals surface area contributed by atoms with E-state index in [0.29, 0.717) is 11.3 Å². The minimum Gasteiger partial charge on any atom is -0.324 e. The number of amides is 2. The standard InChI is InChI=1S/C19H19FN2O2/c1-12(2)19(24)22-11-17(23)21-16-9-8-14(20)10-15(16)18(22)13-6-4-3-5-7-13/h3-10,12,18H,11H2,1-2H3,(H,21,23). The Balaban J connectivity index is 2.21. The highest BCUT2D eigenvalue weighted by molar-refractivity contribution is 5.97. The van der Waals surface area contributed by atoms with Crippen LogP contribution in [-0.2, 0) is 9.59 Å². The summed E-state index contributed by atoms with van der Waals surface area (Å²) in [5.74, 6) is -1.09. The van der Waals surface area contributed by atoms with Crippen molar-refractivity contribution < 1.29 is 14.0 Å². The van der Waals surface area contributed by atoms with Crippen LogP contribution >= 0.6 is 0 Å². The fourth-order valence-electron chi connectivity index (χ4n) is 3.01. The monoisotopic (exact) mass is 326 g/mol. The highest BCUT2D eigenvalue weighted by atomic mass is 19.1. The van der Waals surface area contributed by atoms with E-state index >= 15 is 0 Å². The molecule has 124 valence electrons. The normalized spacial score (nSPS) is 17.2. The number of carbonyl (C=O) groups is 2. The Kier molecular flexibility index (Phi) is 4.34. The Morgan fingerprint density at radius 3 is 2.58 bits per heavy atom. The number of halogens is 1. The molecule has 5 heteroatoms. The van der Waals surface area contributed by atoms with E-state index in [4.69, 9.17) is 0 Å². The Labute approximate surface area is 140 Å². The molecule has 24 heavy (non-hydrogen) atoms. The first-order valence-electron chi connectivity index (χ1n) is 7.92. The maximum atomic E-state index is 13.9. The molecule has 3 rings (SSSR count). The van der Waals surface area contributed by atoms with Crippen molar-refractivity contribution in [3.05, 3.63) is 65.5 Å². The lowest BCUT2D eigenvalue weighted by Gasteiger charge is -2.31. The first kappa shape index (κ1) is 16.2. The molecule has 0 saturated carbocycles. The predicted octanol–water partition coefficient (Wildman–Crippen LogP) is 3.35. The Hall–Kier alpha value is -2.69. The van der Waals surface area contributed by atoms with Gasteiger partial charge < -0.3 is 10.2 Å². The Bertz CT molecular complexity index is 774. The van der Waals surface area contributed by atoms with Crippen LogP contribution in [-0.4, -0.2) is 23.3 Å². The van der Waals surface area contributed by atoms with Crippen LogP contribution in [0.25, 0.3) is 0 Å². The number of fused-ring (bicyclic) bond motifs is 1. The van der Waals surface area contributed by atoms with Gasteiger partial charge in [0.15, 0.2) is 0 Å². The van der Waals surface area contributed by atoms with Gasteiger partial charge in [-0.05, 0) is 23.8 Å². The molecular weight excluding hydrogens is 307 g/mol. The molecule has 0 spiro atoms. The van der Waals surface area contributed by atoms with E-state index in [1.54, 1.807) is 19.9 Å². The van der Waals surface area contributed by atoms with Gasteiger partial charge in [0, 0.05) is 17.2 Å². The fraction of sp³-hybridized carbons (Fsp3) is 0.263. The van der Waals surface area contributed by atoms with E-state index < -0.39 is 11.9 Å². The van der Waals surface area contributed by atoms with Crippen molar-refractivity contribution >= 4 is 17.5 Å². The molecule has 1 atom stereocenters. The zero-order valence-corrected chi connectivity index (χ0v) is 13.6. The number of hydrogen-bond acceptors (Lipinski definition) is 2. The highest BCUT2D eigenvalue weighted by Crippen LogP contribution is 2.36.